The molecule has 1 aliphatic rings. The fourth-order valence-electron chi connectivity index (χ4n) is 2.33. The van der Waals surface area contributed by atoms with Gasteiger partial charge in [0.25, 0.3) is 5.91 Å². The predicted octanol–water partition coefficient (Wildman–Crippen LogP) is 1.24. The van der Waals surface area contributed by atoms with Crippen molar-refractivity contribution >= 4 is 11.9 Å². The first-order chi connectivity index (χ1) is 9.65. The average molecular weight is 271 g/mol. The molecule has 0 saturated carbocycles. The molecule has 0 saturated heterocycles. The lowest BCUT2D eigenvalue weighted by molar-refractivity contribution is 0.0697. The van der Waals surface area contributed by atoms with Crippen molar-refractivity contribution in [1.82, 2.24) is 14.5 Å². The van der Waals surface area contributed by atoms with Crippen molar-refractivity contribution in [2.75, 3.05) is 6.54 Å². The summed E-state index contributed by atoms with van der Waals surface area (Å²) in [6, 6.07) is 4.71. The van der Waals surface area contributed by atoms with Crippen molar-refractivity contribution in [1.29, 1.82) is 0 Å². The number of fused-ring (bicyclic) bond motifs is 1. The van der Waals surface area contributed by atoms with Gasteiger partial charge < -0.3 is 14.6 Å². The van der Waals surface area contributed by atoms with Crippen LogP contribution < -0.4 is 0 Å². The molecule has 1 aromatic heterocycles. The van der Waals surface area contributed by atoms with Crippen molar-refractivity contribution in [2.24, 2.45) is 0 Å². The van der Waals surface area contributed by atoms with E-state index in [1.54, 1.807) is 23.5 Å². The number of carboxylic acids is 1. The van der Waals surface area contributed by atoms with Gasteiger partial charge >= 0.3 is 5.97 Å². The molecular weight excluding hydrogens is 258 g/mol. The minimum Gasteiger partial charge on any atom is -0.478 e. The molecule has 0 spiro atoms. The lowest BCUT2D eigenvalue weighted by Crippen LogP contribution is -2.27. The fourth-order valence-corrected chi connectivity index (χ4v) is 2.33. The lowest BCUT2D eigenvalue weighted by Gasteiger charge is -2.15. The van der Waals surface area contributed by atoms with Gasteiger partial charge in [0.05, 0.1) is 11.9 Å². The number of nitrogens with zero attached hydrogens (tertiary/aromatic N) is 3. The van der Waals surface area contributed by atoms with Gasteiger partial charge in [-0.1, -0.05) is 6.07 Å². The molecule has 0 bridgehead atoms. The second-order valence-electron chi connectivity index (χ2n) is 4.70. The summed E-state index contributed by atoms with van der Waals surface area (Å²) in [7, 11) is 0. The number of amides is 1. The second-order valence-corrected chi connectivity index (χ2v) is 4.70. The Kier molecular flexibility index (Phi) is 2.98. The van der Waals surface area contributed by atoms with Crippen LogP contribution in [0.5, 0.6) is 0 Å². The zero-order chi connectivity index (χ0) is 14.1. The van der Waals surface area contributed by atoms with Gasteiger partial charge in [-0.3, -0.25) is 4.79 Å². The van der Waals surface area contributed by atoms with Crippen LogP contribution in [0.25, 0.3) is 0 Å². The number of aromatic carboxylic acids is 1. The summed E-state index contributed by atoms with van der Waals surface area (Å²) in [4.78, 5) is 28.8. The normalized spacial score (nSPS) is 13.6. The fraction of sp³-hybridized carbons (Fsp3) is 0.214. The van der Waals surface area contributed by atoms with Crippen molar-refractivity contribution < 1.29 is 14.7 Å². The van der Waals surface area contributed by atoms with Crippen LogP contribution in [-0.4, -0.2) is 38.0 Å². The highest BCUT2D eigenvalue weighted by molar-refractivity contribution is 6.00. The van der Waals surface area contributed by atoms with Gasteiger partial charge in [0, 0.05) is 37.6 Å². The summed E-state index contributed by atoms with van der Waals surface area (Å²) in [5.41, 5.74) is 1.52. The van der Waals surface area contributed by atoms with Crippen LogP contribution in [0.2, 0.25) is 0 Å². The monoisotopic (exact) mass is 271 g/mol. The number of aromatic nitrogens is 2. The van der Waals surface area contributed by atoms with E-state index in [1.165, 1.54) is 12.1 Å². The maximum Gasteiger partial charge on any atom is 0.335 e. The number of benzene rings is 1. The molecule has 1 N–H and O–H groups in total. The highest BCUT2D eigenvalue weighted by Gasteiger charge is 2.27. The molecule has 20 heavy (non-hydrogen) atoms. The number of hydrogen-bond donors (Lipinski definition) is 1. The van der Waals surface area contributed by atoms with Crippen LogP contribution >= 0.6 is 0 Å². The van der Waals surface area contributed by atoms with Gasteiger partial charge in [-0.2, -0.15) is 0 Å². The molecule has 0 unspecified atom stereocenters. The van der Waals surface area contributed by atoms with E-state index < -0.39 is 5.97 Å². The molecule has 1 aliphatic heterocycles. The first-order valence-electron chi connectivity index (χ1n) is 6.26. The molecule has 0 atom stereocenters. The number of hydrogen-bond acceptors (Lipinski definition) is 3. The van der Waals surface area contributed by atoms with E-state index in [-0.39, 0.29) is 11.5 Å². The Morgan fingerprint density at radius 1 is 1.35 bits per heavy atom. The zero-order valence-electron chi connectivity index (χ0n) is 10.7. The first-order valence-corrected chi connectivity index (χ1v) is 6.26. The second kappa shape index (κ2) is 4.80. The van der Waals surface area contributed by atoms with Crippen molar-refractivity contribution in [3.8, 4) is 0 Å². The number of carboxylic acid groups (broad SMARTS) is 1. The van der Waals surface area contributed by atoms with Crippen LogP contribution in [0, 0.1) is 0 Å². The van der Waals surface area contributed by atoms with Gasteiger partial charge in [0.2, 0.25) is 0 Å². The maximum absolute atomic E-state index is 12.2. The summed E-state index contributed by atoms with van der Waals surface area (Å²) >= 11 is 0. The third-order valence-electron chi connectivity index (χ3n) is 3.42. The average Bonchev–Trinajstić information content (AvgIpc) is 3.05. The van der Waals surface area contributed by atoms with Gasteiger partial charge in [-0.05, 0) is 17.7 Å². The number of rotatable bonds is 4. The number of carbonyl (C=O) groups is 2. The van der Waals surface area contributed by atoms with Crippen LogP contribution in [0.4, 0.5) is 0 Å². The van der Waals surface area contributed by atoms with E-state index in [4.69, 9.17) is 5.11 Å². The number of imidazole rings is 1. The SMILES string of the molecule is O=C(O)c1ccc2c(c1)C(=O)N(CCn1ccnc1)C2. The molecule has 0 fully saturated rings. The van der Waals surface area contributed by atoms with Crippen molar-refractivity contribution in [2.45, 2.75) is 13.1 Å². The Morgan fingerprint density at radius 3 is 2.90 bits per heavy atom. The summed E-state index contributed by atoms with van der Waals surface area (Å²) in [5, 5.41) is 8.96. The Balaban J connectivity index is 1.75. The minimum atomic E-state index is -1.02. The first kappa shape index (κ1) is 12.4. The van der Waals surface area contributed by atoms with E-state index in [0.717, 1.165) is 5.56 Å². The third-order valence-corrected chi connectivity index (χ3v) is 3.42. The van der Waals surface area contributed by atoms with E-state index in [0.29, 0.717) is 25.2 Å². The molecule has 2 aromatic rings. The largest absolute Gasteiger partial charge is 0.478 e. The molecule has 2 heterocycles. The van der Waals surface area contributed by atoms with E-state index in [1.807, 2.05) is 10.8 Å². The highest BCUT2D eigenvalue weighted by Crippen LogP contribution is 2.23. The van der Waals surface area contributed by atoms with Crippen LogP contribution in [-0.2, 0) is 13.1 Å². The molecule has 1 aromatic carbocycles. The maximum atomic E-state index is 12.2. The molecular formula is C14H13N3O3. The molecule has 0 radical (unpaired) electrons. The van der Waals surface area contributed by atoms with Gasteiger partial charge in [-0.25, -0.2) is 9.78 Å². The lowest BCUT2D eigenvalue weighted by atomic mass is 10.1. The Morgan fingerprint density at radius 2 is 2.20 bits per heavy atom. The van der Waals surface area contributed by atoms with E-state index >= 15 is 0 Å². The number of carbonyl (C=O) groups excluding carboxylic acids is 1. The molecule has 6 heteroatoms. The summed E-state index contributed by atoms with van der Waals surface area (Å²) in [5.74, 6) is -1.12. The van der Waals surface area contributed by atoms with E-state index in [9.17, 15) is 9.59 Å². The molecule has 6 nitrogen and oxygen atoms in total. The predicted molar refractivity (Wildman–Crippen MR) is 70.4 cm³/mol. The minimum absolute atomic E-state index is 0.108. The highest BCUT2D eigenvalue weighted by atomic mass is 16.4. The van der Waals surface area contributed by atoms with Crippen molar-refractivity contribution in [3.63, 3.8) is 0 Å². The molecule has 1 amide bonds. The van der Waals surface area contributed by atoms with Crippen LogP contribution in [0.3, 0.4) is 0 Å². The van der Waals surface area contributed by atoms with E-state index in [2.05, 4.69) is 4.98 Å². The summed E-state index contributed by atoms with van der Waals surface area (Å²) < 4.78 is 1.90. The Labute approximate surface area is 115 Å². The zero-order valence-corrected chi connectivity index (χ0v) is 10.7. The standard InChI is InChI=1S/C14H13N3O3/c18-13-12-7-10(14(19)20)1-2-11(12)8-17(13)6-5-16-4-3-15-9-16/h1-4,7,9H,5-6,8H2,(H,19,20). The van der Waals surface area contributed by atoms with Crippen molar-refractivity contribution in [3.05, 3.63) is 53.6 Å². The smallest absolute Gasteiger partial charge is 0.335 e. The van der Waals surface area contributed by atoms with Gasteiger partial charge in [0.1, 0.15) is 0 Å². The Hall–Kier alpha value is -2.63. The van der Waals surface area contributed by atoms with Gasteiger partial charge in [0.15, 0.2) is 0 Å². The molecule has 0 aliphatic carbocycles. The summed E-state index contributed by atoms with van der Waals surface area (Å²) in [6.45, 7) is 1.78. The molecule has 3 rings (SSSR count). The topological polar surface area (TPSA) is 75.4 Å². The quantitative estimate of drug-likeness (QED) is 0.907. The molecule has 102 valence electrons. The van der Waals surface area contributed by atoms with Crippen LogP contribution in [0.15, 0.2) is 36.9 Å². The van der Waals surface area contributed by atoms with Crippen LogP contribution in [0.1, 0.15) is 26.3 Å². The Bertz CT molecular complexity index is 664. The summed E-state index contributed by atoms with van der Waals surface area (Å²) in [6.07, 6.45) is 5.24. The third kappa shape index (κ3) is 2.16. The van der Waals surface area contributed by atoms with Gasteiger partial charge in [-0.15, -0.1) is 0 Å².